The second kappa shape index (κ2) is 6.16. The lowest BCUT2D eigenvalue weighted by molar-refractivity contribution is 0.141. The number of thioether (sulfide) groups is 1. The molecule has 3 heteroatoms. The van der Waals surface area contributed by atoms with Crippen molar-refractivity contribution in [3.63, 3.8) is 0 Å². The summed E-state index contributed by atoms with van der Waals surface area (Å²) in [4.78, 5) is 1.27. The number of nitrogens with two attached hydrogens (primary N) is 1. The molecule has 84 valence electrons. The summed E-state index contributed by atoms with van der Waals surface area (Å²) in [5, 5.41) is 9.56. The summed E-state index contributed by atoms with van der Waals surface area (Å²) < 4.78 is 0. The molecule has 3 N–H and O–H groups in total. The average molecular weight is 225 g/mol. The second-order valence-electron chi connectivity index (χ2n) is 3.81. The summed E-state index contributed by atoms with van der Waals surface area (Å²) in [5.74, 6) is 0. The third-order valence-corrected chi connectivity index (χ3v) is 3.24. The van der Waals surface area contributed by atoms with Crippen LogP contribution in [0.5, 0.6) is 0 Å². The van der Waals surface area contributed by atoms with Gasteiger partial charge in [0.1, 0.15) is 0 Å². The molecular weight excluding hydrogens is 206 g/mol. The molecular formula is C12H19NOS. The Bertz CT molecular complexity index is 284. The largest absolute Gasteiger partial charge is 0.392 e. The molecule has 2 nitrogen and oxygen atoms in total. The molecule has 1 aromatic rings. The molecule has 2 unspecified atom stereocenters. The van der Waals surface area contributed by atoms with Crippen molar-refractivity contribution in [2.75, 3.05) is 6.26 Å². The van der Waals surface area contributed by atoms with Crippen molar-refractivity contribution in [3.05, 3.63) is 29.8 Å². The van der Waals surface area contributed by atoms with Crippen LogP contribution in [0.2, 0.25) is 0 Å². The summed E-state index contributed by atoms with van der Waals surface area (Å²) >= 11 is 1.74. The average Bonchev–Trinajstić information content (AvgIpc) is 2.26. The van der Waals surface area contributed by atoms with Crippen LogP contribution in [-0.2, 0) is 6.42 Å². The van der Waals surface area contributed by atoms with E-state index in [4.69, 9.17) is 5.73 Å². The third-order valence-electron chi connectivity index (χ3n) is 2.49. The molecule has 0 bridgehead atoms. The van der Waals surface area contributed by atoms with E-state index in [9.17, 15) is 5.11 Å². The Morgan fingerprint density at radius 1 is 1.33 bits per heavy atom. The molecule has 1 aromatic carbocycles. The van der Waals surface area contributed by atoms with Crippen LogP contribution >= 0.6 is 11.8 Å². The SMILES string of the molecule is CSc1ccc(CCC(O)C(C)N)cc1. The Morgan fingerprint density at radius 3 is 2.40 bits per heavy atom. The monoisotopic (exact) mass is 225 g/mol. The van der Waals surface area contributed by atoms with Gasteiger partial charge in [-0.3, -0.25) is 0 Å². The first kappa shape index (κ1) is 12.6. The van der Waals surface area contributed by atoms with E-state index in [-0.39, 0.29) is 6.04 Å². The van der Waals surface area contributed by atoms with Gasteiger partial charge in [0.2, 0.25) is 0 Å². The van der Waals surface area contributed by atoms with Crippen molar-refractivity contribution < 1.29 is 5.11 Å². The van der Waals surface area contributed by atoms with Gasteiger partial charge in [-0.2, -0.15) is 0 Å². The normalized spacial score (nSPS) is 14.9. The molecule has 0 heterocycles. The number of aliphatic hydroxyl groups is 1. The van der Waals surface area contributed by atoms with Crippen molar-refractivity contribution in [2.45, 2.75) is 36.8 Å². The smallest absolute Gasteiger partial charge is 0.0691 e. The van der Waals surface area contributed by atoms with Gasteiger partial charge >= 0.3 is 0 Å². The van der Waals surface area contributed by atoms with Crippen LogP contribution in [0.3, 0.4) is 0 Å². The fourth-order valence-corrected chi connectivity index (χ4v) is 1.78. The first-order chi connectivity index (χ1) is 7.13. The first-order valence-electron chi connectivity index (χ1n) is 5.20. The molecule has 0 saturated heterocycles. The first-order valence-corrected chi connectivity index (χ1v) is 6.42. The van der Waals surface area contributed by atoms with E-state index in [0.29, 0.717) is 0 Å². The standard InChI is InChI=1S/C12H19NOS/c1-9(13)12(14)8-5-10-3-6-11(15-2)7-4-10/h3-4,6-7,9,12,14H,5,8,13H2,1-2H3. The van der Waals surface area contributed by atoms with E-state index in [0.717, 1.165) is 12.8 Å². The maximum atomic E-state index is 9.56. The molecule has 0 spiro atoms. The molecule has 0 aliphatic carbocycles. The predicted molar refractivity (Wildman–Crippen MR) is 66.2 cm³/mol. The maximum absolute atomic E-state index is 9.56. The Hall–Kier alpha value is -0.510. The lowest BCUT2D eigenvalue weighted by Crippen LogP contribution is -2.31. The lowest BCUT2D eigenvalue weighted by Gasteiger charge is -2.13. The fraction of sp³-hybridized carbons (Fsp3) is 0.500. The van der Waals surface area contributed by atoms with Crippen molar-refractivity contribution in [3.8, 4) is 0 Å². The van der Waals surface area contributed by atoms with Gasteiger partial charge in [-0.05, 0) is 43.7 Å². The molecule has 0 fully saturated rings. The Labute approximate surface area is 95.9 Å². The molecule has 0 aliphatic rings. The van der Waals surface area contributed by atoms with Crippen LogP contribution in [0, 0.1) is 0 Å². The van der Waals surface area contributed by atoms with E-state index < -0.39 is 6.10 Å². The molecule has 15 heavy (non-hydrogen) atoms. The number of rotatable bonds is 5. The molecule has 2 atom stereocenters. The van der Waals surface area contributed by atoms with Crippen LogP contribution in [0.4, 0.5) is 0 Å². The molecule has 1 rings (SSSR count). The summed E-state index contributed by atoms with van der Waals surface area (Å²) in [6.45, 7) is 1.83. The molecule has 0 radical (unpaired) electrons. The highest BCUT2D eigenvalue weighted by molar-refractivity contribution is 7.98. The second-order valence-corrected chi connectivity index (χ2v) is 4.69. The van der Waals surface area contributed by atoms with Crippen molar-refractivity contribution in [1.82, 2.24) is 0 Å². The minimum absolute atomic E-state index is 0.143. The zero-order chi connectivity index (χ0) is 11.3. The van der Waals surface area contributed by atoms with Crippen molar-refractivity contribution in [1.29, 1.82) is 0 Å². The number of benzene rings is 1. The van der Waals surface area contributed by atoms with Crippen LogP contribution in [0.15, 0.2) is 29.2 Å². The van der Waals surface area contributed by atoms with Crippen LogP contribution in [0.1, 0.15) is 18.9 Å². The van der Waals surface area contributed by atoms with E-state index in [1.165, 1.54) is 10.5 Å². The lowest BCUT2D eigenvalue weighted by atomic mass is 10.0. The highest BCUT2D eigenvalue weighted by Crippen LogP contribution is 2.16. The molecule has 0 amide bonds. The zero-order valence-corrected chi connectivity index (χ0v) is 10.1. The van der Waals surface area contributed by atoms with Gasteiger partial charge in [0, 0.05) is 10.9 Å². The summed E-state index contributed by atoms with van der Waals surface area (Å²) in [6, 6.07) is 8.30. The highest BCUT2D eigenvalue weighted by atomic mass is 32.2. The van der Waals surface area contributed by atoms with E-state index in [1.54, 1.807) is 11.8 Å². The van der Waals surface area contributed by atoms with Gasteiger partial charge in [-0.15, -0.1) is 11.8 Å². The Kier molecular flexibility index (Phi) is 5.15. The van der Waals surface area contributed by atoms with Gasteiger partial charge in [0.05, 0.1) is 6.10 Å². The van der Waals surface area contributed by atoms with E-state index in [1.807, 2.05) is 6.92 Å². The number of aryl methyl sites for hydroxylation is 1. The molecule has 0 aliphatic heterocycles. The summed E-state index contributed by atoms with van der Waals surface area (Å²) in [5.41, 5.74) is 6.85. The van der Waals surface area contributed by atoms with Crippen molar-refractivity contribution >= 4 is 11.8 Å². The van der Waals surface area contributed by atoms with Crippen molar-refractivity contribution in [2.24, 2.45) is 5.73 Å². The van der Waals surface area contributed by atoms with Gasteiger partial charge in [0.15, 0.2) is 0 Å². The van der Waals surface area contributed by atoms with Gasteiger partial charge in [-0.25, -0.2) is 0 Å². The summed E-state index contributed by atoms with van der Waals surface area (Å²) in [6.07, 6.45) is 3.29. The van der Waals surface area contributed by atoms with Crippen LogP contribution in [0.25, 0.3) is 0 Å². The minimum Gasteiger partial charge on any atom is -0.392 e. The number of aliphatic hydroxyl groups excluding tert-OH is 1. The predicted octanol–water partition coefficient (Wildman–Crippen LogP) is 2.05. The Balaban J connectivity index is 2.44. The molecule has 0 aromatic heterocycles. The van der Waals surface area contributed by atoms with E-state index >= 15 is 0 Å². The van der Waals surface area contributed by atoms with Gasteiger partial charge in [0.25, 0.3) is 0 Å². The third kappa shape index (κ3) is 4.24. The number of hydrogen-bond acceptors (Lipinski definition) is 3. The molecule has 0 saturated carbocycles. The Morgan fingerprint density at radius 2 is 1.93 bits per heavy atom. The topological polar surface area (TPSA) is 46.2 Å². The number of hydrogen-bond donors (Lipinski definition) is 2. The van der Waals surface area contributed by atoms with E-state index in [2.05, 4.69) is 30.5 Å². The quantitative estimate of drug-likeness (QED) is 0.754. The van der Waals surface area contributed by atoms with Crippen LogP contribution < -0.4 is 5.73 Å². The summed E-state index contributed by atoms with van der Waals surface area (Å²) in [7, 11) is 0. The fourth-order valence-electron chi connectivity index (χ4n) is 1.37. The highest BCUT2D eigenvalue weighted by Gasteiger charge is 2.08. The van der Waals surface area contributed by atoms with Gasteiger partial charge in [-0.1, -0.05) is 12.1 Å². The minimum atomic E-state index is -0.398. The maximum Gasteiger partial charge on any atom is 0.0691 e. The zero-order valence-electron chi connectivity index (χ0n) is 9.31. The van der Waals surface area contributed by atoms with Gasteiger partial charge < -0.3 is 10.8 Å². The van der Waals surface area contributed by atoms with Crippen LogP contribution in [-0.4, -0.2) is 23.5 Å².